The quantitative estimate of drug-likeness (QED) is 0.188. The van der Waals surface area contributed by atoms with E-state index >= 15 is 0 Å². The van der Waals surface area contributed by atoms with Crippen molar-refractivity contribution in [2.24, 2.45) is 5.73 Å². The topological polar surface area (TPSA) is 144 Å². The summed E-state index contributed by atoms with van der Waals surface area (Å²) in [5.41, 5.74) is 10.8. The molecule has 186 valence electrons. The summed E-state index contributed by atoms with van der Waals surface area (Å²) < 4.78 is 42.2. The molecule has 9 nitrogen and oxygen atoms in total. The van der Waals surface area contributed by atoms with Gasteiger partial charge in [-0.1, -0.05) is 24.3 Å². The Bertz CT molecular complexity index is 1290. The first-order valence-electron chi connectivity index (χ1n) is 10.6. The van der Waals surface area contributed by atoms with E-state index in [0.717, 1.165) is 22.4 Å². The minimum absolute atomic E-state index is 0.0150. The number of amidine groups is 1. The molecule has 2 aromatic carbocycles. The smallest absolute Gasteiger partial charge is 0.399 e. The number of benzene rings is 2. The van der Waals surface area contributed by atoms with Crippen LogP contribution in [-0.4, -0.2) is 27.1 Å². The average Bonchev–Trinajstić information content (AvgIpc) is 3.06. The third kappa shape index (κ3) is 6.22. The Kier molecular flexibility index (Phi) is 7.22. The average molecular weight is 490 g/mol. The Morgan fingerprint density at radius 2 is 1.80 bits per heavy atom. The second kappa shape index (κ2) is 9.95. The van der Waals surface area contributed by atoms with E-state index in [-0.39, 0.29) is 35.5 Å². The molecule has 12 heteroatoms. The molecule has 0 aliphatic heterocycles. The Morgan fingerprint density at radius 1 is 1.14 bits per heavy atom. The second-order valence-electron chi connectivity index (χ2n) is 8.25. The molecule has 0 spiro atoms. The molecule has 35 heavy (non-hydrogen) atoms. The van der Waals surface area contributed by atoms with Crippen molar-refractivity contribution in [1.29, 1.82) is 5.41 Å². The van der Waals surface area contributed by atoms with Crippen LogP contribution >= 0.6 is 0 Å². The van der Waals surface area contributed by atoms with Gasteiger partial charge in [0.25, 0.3) is 5.56 Å². The summed E-state index contributed by atoms with van der Waals surface area (Å²) in [6.07, 6.45) is -3.30. The Labute approximate surface area is 199 Å². The van der Waals surface area contributed by atoms with Gasteiger partial charge in [-0.25, -0.2) is 4.68 Å². The van der Waals surface area contributed by atoms with Crippen LogP contribution in [0.4, 0.5) is 24.5 Å². The summed E-state index contributed by atoms with van der Waals surface area (Å²) >= 11 is 0. The number of alkyl halides is 3. The Morgan fingerprint density at radius 3 is 2.37 bits per heavy atom. The fourth-order valence-electron chi connectivity index (χ4n) is 3.38. The lowest BCUT2D eigenvalue weighted by molar-refractivity contribution is -0.137. The van der Waals surface area contributed by atoms with Crippen LogP contribution in [-0.2, 0) is 24.1 Å². The van der Waals surface area contributed by atoms with E-state index in [0.29, 0.717) is 5.56 Å². The van der Waals surface area contributed by atoms with Crippen molar-refractivity contribution in [3.05, 3.63) is 75.7 Å². The minimum Gasteiger partial charge on any atom is -0.399 e. The molecule has 0 bridgehead atoms. The number of nitrogens with two attached hydrogens (primary N) is 2. The van der Waals surface area contributed by atoms with E-state index in [2.05, 4.69) is 10.6 Å². The van der Waals surface area contributed by atoms with Crippen LogP contribution in [0.2, 0.25) is 0 Å². The third-order valence-corrected chi connectivity index (χ3v) is 5.00. The largest absolute Gasteiger partial charge is 0.416 e. The summed E-state index contributed by atoms with van der Waals surface area (Å²) in [5, 5.41) is 13.0. The zero-order valence-electron chi connectivity index (χ0n) is 19.1. The van der Waals surface area contributed by atoms with Gasteiger partial charge in [-0.15, -0.1) is 0 Å². The highest BCUT2D eigenvalue weighted by atomic mass is 19.4. The van der Waals surface area contributed by atoms with E-state index < -0.39 is 29.8 Å². The van der Waals surface area contributed by atoms with Gasteiger partial charge in [0.2, 0.25) is 5.91 Å². The van der Waals surface area contributed by atoms with Crippen LogP contribution in [0.25, 0.3) is 5.69 Å². The molecule has 0 saturated heterocycles. The number of carbonyl (C=O) groups is 1. The standard InChI is InChI=1S/C23H26F3N7O2/c1-13(2)31-19-11-32(18-8-16(23(24,25)26)7-17(27)9-18)33(22(19)35)12-20(34)30-10-14-3-5-15(6-4-14)21(28)29/h3-9,11,13,31H,10,12,27H2,1-2H3,(H3,28,29)(H,30,34). The lowest BCUT2D eigenvalue weighted by Gasteiger charge is -2.15. The van der Waals surface area contributed by atoms with Crippen LogP contribution in [0.1, 0.15) is 30.5 Å². The van der Waals surface area contributed by atoms with Crippen molar-refractivity contribution in [2.75, 3.05) is 11.1 Å². The number of carbonyl (C=O) groups excluding carboxylic acids is 1. The highest BCUT2D eigenvalue weighted by Gasteiger charge is 2.31. The van der Waals surface area contributed by atoms with Crippen molar-refractivity contribution in [2.45, 2.75) is 39.2 Å². The number of nitrogens with zero attached hydrogens (tertiary/aromatic N) is 2. The number of anilines is 2. The van der Waals surface area contributed by atoms with Gasteiger partial charge >= 0.3 is 6.18 Å². The zero-order valence-corrected chi connectivity index (χ0v) is 19.1. The number of nitrogen functional groups attached to an aromatic ring is 2. The van der Waals surface area contributed by atoms with Crippen LogP contribution < -0.4 is 27.7 Å². The Balaban J connectivity index is 1.90. The molecule has 0 unspecified atom stereocenters. The first-order chi connectivity index (χ1) is 16.3. The minimum atomic E-state index is -4.64. The number of amides is 1. The van der Waals surface area contributed by atoms with E-state index in [1.54, 1.807) is 38.1 Å². The summed E-state index contributed by atoms with van der Waals surface area (Å²) in [6, 6.07) is 9.49. The summed E-state index contributed by atoms with van der Waals surface area (Å²) in [5.74, 6) is -0.611. The van der Waals surface area contributed by atoms with Crippen LogP contribution in [0.5, 0.6) is 0 Å². The van der Waals surface area contributed by atoms with Gasteiger partial charge in [0.15, 0.2) is 0 Å². The molecule has 7 N–H and O–H groups in total. The molecule has 1 amide bonds. The number of hydrogen-bond donors (Lipinski definition) is 5. The normalized spacial score (nSPS) is 11.5. The molecule has 3 rings (SSSR count). The van der Waals surface area contributed by atoms with Crippen molar-refractivity contribution < 1.29 is 18.0 Å². The summed E-state index contributed by atoms with van der Waals surface area (Å²) in [6.45, 7) is 3.29. The first kappa shape index (κ1) is 25.4. The molecule has 0 aliphatic carbocycles. The van der Waals surface area contributed by atoms with E-state index in [1.807, 2.05) is 0 Å². The highest BCUT2D eigenvalue weighted by Crippen LogP contribution is 2.32. The number of aromatic nitrogens is 2. The predicted molar refractivity (Wildman–Crippen MR) is 128 cm³/mol. The van der Waals surface area contributed by atoms with Crippen molar-refractivity contribution >= 4 is 23.1 Å². The highest BCUT2D eigenvalue weighted by molar-refractivity contribution is 5.94. The fraction of sp³-hybridized carbons (Fsp3) is 0.261. The van der Waals surface area contributed by atoms with Crippen molar-refractivity contribution in [1.82, 2.24) is 14.7 Å². The zero-order chi connectivity index (χ0) is 25.9. The molecular weight excluding hydrogens is 463 g/mol. The van der Waals surface area contributed by atoms with Gasteiger partial charge in [-0.3, -0.25) is 19.7 Å². The van der Waals surface area contributed by atoms with Gasteiger partial charge in [0.05, 0.1) is 17.4 Å². The fourth-order valence-corrected chi connectivity index (χ4v) is 3.38. The lowest BCUT2D eigenvalue weighted by Crippen LogP contribution is -2.34. The molecule has 1 heterocycles. The van der Waals surface area contributed by atoms with E-state index in [4.69, 9.17) is 16.9 Å². The second-order valence-corrected chi connectivity index (χ2v) is 8.25. The molecular formula is C23H26F3N7O2. The van der Waals surface area contributed by atoms with Gasteiger partial charge in [0.1, 0.15) is 18.1 Å². The number of halogens is 3. The summed E-state index contributed by atoms with van der Waals surface area (Å²) in [4.78, 5) is 25.6. The van der Waals surface area contributed by atoms with Crippen molar-refractivity contribution in [3.63, 3.8) is 0 Å². The van der Waals surface area contributed by atoms with Gasteiger partial charge in [-0.2, -0.15) is 13.2 Å². The number of nitrogens with one attached hydrogen (secondary N) is 3. The maximum atomic E-state index is 13.3. The van der Waals surface area contributed by atoms with Crippen LogP contribution in [0.15, 0.2) is 53.5 Å². The molecule has 0 atom stereocenters. The van der Waals surface area contributed by atoms with Gasteiger partial charge in [0, 0.05) is 23.8 Å². The summed E-state index contributed by atoms with van der Waals surface area (Å²) in [7, 11) is 0. The SMILES string of the molecule is CC(C)Nc1cn(-c2cc(N)cc(C(F)(F)F)c2)n(CC(=O)NCc2ccc(C(=N)N)cc2)c1=O. The number of hydrogen-bond acceptors (Lipinski definition) is 5. The maximum Gasteiger partial charge on any atom is 0.416 e. The first-order valence-corrected chi connectivity index (χ1v) is 10.6. The van der Waals surface area contributed by atoms with Gasteiger partial charge in [-0.05, 0) is 37.6 Å². The lowest BCUT2D eigenvalue weighted by atomic mass is 10.1. The predicted octanol–water partition coefficient (Wildman–Crippen LogP) is 2.66. The van der Waals surface area contributed by atoms with Crippen LogP contribution in [0, 0.1) is 5.41 Å². The molecule has 1 aromatic heterocycles. The molecule has 3 aromatic rings. The molecule has 0 saturated carbocycles. The van der Waals surface area contributed by atoms with Gasteiger partial charge < -0.3 is 22.1 Å². The molecule has 0 fully saturated rings. The van der Waals surface area contributed by atoms with Crippen LogP contribution in [0.3, 0.4) is 0 Å². The van der Waals surface area contributed by atoms with E-state index in [9.17, 15) is 22.8 Å². The molecule has 0 radical (unpaired) electrons. The maximum absolute atomic E-state index is 13.3. The number of rotatable bonds is 8. The molecule has 0 aliphatic rings. The Hall–Kier alpha value is -4.22. The van der Waals surface area contributed by atoms with Crippen molar-refractivity contribution in [3.8, 4) is 5.69 Å². The third-order valence-electron chi connectivity index (χ3n) is 5.00. The van der Waals surface area contributed by atoms with E-state index in [1.165, 1.54) is 16.9 Å². The monoisotopic (exact) mass is 489 g/mol.